The summed E-state index contributed by atoms with van der Waals surface area (Å²) in [5.74, 6) is -1.52. The minimum Gasteiger partial charge on any atom is -0.360 e. The molecule has 0 fully saturated rings. The SMILES string of the molecule is CCCNC(=O)c1c(NC(=O)c2cc(C(F)(F)F)nn2-c2ncccc2Cl)ccc2cc[nH]c12. The maximum Gasteiger partial charge on any atom is 0.435 e. The number of pyridine rings is 1. The molecule has 12 heteroatoms. The van der Waals surface area contributed by atoms with E-state index in [0.717, 1.165) is 10.1 Å². The molecule has 1 aromatic carbocycles. The Balaban J connectivity index is 1.79. The van der Waals surface area contributed by atoms with Crippen LogP contribution < -0.4 is 10.6 Å². The smallest absolute Gasteiger partial charge is 0.360 e. The molecule has 3 aromatic heterocycles. The number of fused-ring (bicyclic) bond motifs is 1. The highest BCUT2D eigenvalue weighted by atomic mass is 35.5. The fourth-order valence-corrected chi connectivity index (χ4v) is 3.56. The number of aromatic nitrogens is 4. The predicted octanol–water partition coefficient (Wildman–Crippen LogP) is 4.81. The number of halogens is 4. The lowest BCUT2D eigenvalue weighted by Gasteiger charge is -2.13. The zero-order valence-corrected chi connectivity index (χ0v) is 18.5. The first-order chi connectivity index (χ1) is 16.2. The molecule has 0 aliphatic carbocycles. The van der Waals surface area contributed by atoms with Crippen molar-refractivity contribution >= 4 is 40.0 Å². The number of H-pyrrole nitrogens is 1. The van der Waals surface area contributed by atoms with Crippen molar-refractivity contribution in [1.29, 1.82) is 0 Å². The van der Waals surface area contributed by atoms with Crippen LogP contribution in [-0.4, -0.2) is 38.1 Å². The van der Waals surface area contributed by atoms with Crippen molar-refractivity contribution < 1.29 is 22.8 Å². The normalized spacial score (nSPS) is 11.6. The van der Waals surface area contributed by atoms with Gasteiger partial charge in [-0.25, -0.2) is 9.67 Å². The van der Waals surface area contributed by atoms with Crippen LogP contribution in [0.4, 0.5) is 18.9 Å². The van der Waals surface area contributed by atoms with Gasteiger partial charge in [0.15, 0.2) is 11.5 Å². The molecule has 0 atom stereocenters. The van der Waals surface area contributed by atoms with Gasteiger partial charge < -0.3 is 15.6 Å². The van der Waals surface area contributed by atoms with Crippen LogP contribution in [-0.2, 0) is 6.18 Å². The van der Waals surface area contributed by atoms with Gasteiger partial charge in [-0.2, -0.15) is 18.3 Å². The molecule has 3 heterocycles. The van der Waals surface area contributed by atoms with Crippen LogP contribution in [0.3, 0.4) is 0 Å². The van der Waals surface area contributed by atoms with Crippen molar-refractivity contribution in [2.75, 3.05) is 11.9 Å². The largest absolute Gasteiger partial charge is 0.435 e. The number of anilines is 1. The molecular weight excluding hydrogens is 473 g/mol. The number of nitrogens with zero attached hydrogens (tertiary/aromatic N) is 3. The Hall–Kier alpha value is -3.86. The van der Waals surface area contributed by atoms with Gasteiger partial charge in [0.25, 0.3) is 11.8 Å². The maximum atomic E-state index is 13.4. The molecule has 8 nitrogen and oxygen atoms in total. The topological polar surface area (TPSA) is 105 Å². The first-order valence-electron chi connectivity index (χ1n) is 10.2. The van der Waals surface area contributed by atoms with Crippen LogP contribution in [0.1, 0.15) is 39.9 Å². The molecule has 4 rings (SSSR count). The highest BCUT2D eigenvalue weighted by Gasteiger charge is 2.36. The van der Waals surface area contributed by atoms with Crippen LogP contribution in [0.25, 0.3) is 16.7 Å². The lowest BCUT2D eigenvalue weighted by atomic mass is 10.1. The van der Waals surface area contributed by atoms with Crippen LogP contribution in [0, 0.1) is 0 Å². The van der Waals surface area contributed by atoms with Gasteiger partial charge in [-0.3, -0.25) is 9.59 Å². The van der Waals surface area contributed by atoms with E-state index in [4.69, 9.17) is 11.6 Å². The Bertz CT molecular complexity index is 1380. The molecular formula is C22H18ClF3N6O2. The molecule has 0 spiro atoms. The van der Waals surface area contributed by atoms with Gasteiger partial charge in [-0.05, 0) is 30.7 Å². The van der Waals surface area contributed by atoms with E-state index >= 15 is 0 Å². The number of hydrogen-bond acceptors (Lipinski definition) is 4. The zero-order chi connectivity index (χ0) is 24.5. The second kappa shape index (κ2) is 9.18. The first-order valence-corrected chi connectivity index (χ1v) is 10.6. The summed E-state index contributed by atoms with van der Waals surface area (Å²) in [6.07, 6.45) is -1.16. The van der Waals surface area contributed by atoms with Gasteiger partial charge in [0.05, 0.1) is 21.8 Å². The minimum absolute atomic E-state index is 0.000752. The summed E-state index contributed by atoms with van der Waals surface area (Å²) in [6, 6.07) is 8.44. The summed E-state index contributed by atoms with van der Waals surface area (Å²) >= 11 is 6.09. The third-order valence-electron chi connectivity index (χ3n) is 4.91. The number of alkyl halides is 3. The Morgan fingerprint density at radius 3 is 2.68 bits per heavy atom. The number of carbonyl (C=O) groups excluding carboxylic acids is 2. The van der Waals surface area contributed by atoms with Crippen molar-refractivity contribution in [3.8, 4) is 5.82 Å². The van der Waals surface area contributed by atoms with Crippen molar-refractivity contribution in [2.45, 2.75) is 19.5 Å². The molecule has 2 amide bonds. The maximum absolute atomic E-state index is 13.4. The van der Waals surface area contributed by atoms with Crippen molar-refractivity contribution in [3.63, 3.8) is 0 Å². The molecule has 0 radical (unpaired) electrons. The third kappa shape index (κ3) is 4.46. The Kier molecular flexibility index (Phi) is 6.29. The number of amides is 2. The molecule has 34 heavy (non-hydrogen) atoms. The number of rotatable bonds is 6. The molecule has 0 aliphatic rings. The minimum atomic E-state index is -4.81. The van der Waals surface area contributed by atoms with Gasteiger partial charge in [0.2, 0.25) is 0 Å². The number of hydrogen-bond donors (Lipinski definition) is 3. The van der Waals surface area contributed by atoms with E-state index < -0.39 is 29.4 Å². The van der Waals surface area contributed by atoms with Gasteiger partial charge in [-0.15, -0.1) is 0 Å². The Morgan fingerprint density at radius 1 is 1.18 bits per heavy atom. The predicted molar refractivity (Wildman–Crippen MR) is 120 cm³/mol. The molecule has 0 unspecified atom stereocenters. The number of aromatic amines is 1. The summed E-state index contributed by atoms with van der Waals surface area (Å²) in [7, 11) is 0. The number of nitrogens with one attached hydrogen (secondary N) is 3. The highest BCUT2D eigenvalue weighted by Crippen LogP contribution is 2.31. The summed E-state index contributed by atoms with van der Waals surface area (Å²) < 4.78 is 40.9. The lowest BCUT2D eigenvalue weighted by molar-refractivity contribution is -0.141. The van der Waals surface area contributed by atoms with Gasteiger partial charge in [-0.1, -0.05) is 24.6 Å². The van der Waals surface area contributed by atoms with E-state index in [-0.39, 0.29) is 22.1 Å². The van der Waals surface area contributed by atoms with Crippen LogP contribution >= 0.6 is 11.6 Å². The van der Waals surface area contributed by atoms with E-state index in [9.17, 15) is 22.8 Å². The molecule has 3 N–H and O–H groups in total. The summed E-state index contributed by atoms with van der Waals surface area (Å²) in [6.45, 7) is 2.30. The van der Waals surface area contributed by atoms with Gasteiger partial charge in [0, 0.05) is 30.4 Å². The van der Waals surface area contributed by atoms with Crippen LogP contribution in [0.2, 0.25) is 5.02 Å². The molecule has 4 aromatic rings. The highest BCUT2D eigenvalue weighted by molar-refractivity contribution is 6.32. The van der Waals surface area contributed by atoms with Gasteiger partial charge >= 0.3 is 6.18 Å². The first kappa shape index (κ1) is 23.3. The summed E-state index contributed by atoms with van der Waals surface area (Å²) in [5, 5.41) is 9.53. The van der Waals surface area contributed by atoms with E-state index in [0.29, 0.717) is 24.5 Å². The second-order valence-electron chi connectivity index (χ2n) is 7.27. The fourth-order valence-electron chi connectivity index (χ4n) is 3.36. The van der Waals surface area contributed by atoms with Crippen molar-refractivity contribution in [2.24, 2.45) is 0 Å². The number of carbonyl (C=O) groups is 2. The van der Waals surface area contributed by atoms with Crippen LogP contribution in [0.5, 0.6) is 0 Å². The monoisotopic (exact) mass is 490 g/mol. The second-order valence-corrected chi connectivity index (χ2v) is 7.68. The Labute approximate surface area is 196 Å². The van der Waals surface area contributed by atoms with E-state index in [1.807, 2.05) is 6.92 Å². The quantitative estimate of drug-likeness (QED) is 0.360. The lowest BCUT2D eigenvalue weighted by Crippen LogP contribution is -2.26. The van der Waals surface area contributed by atoms with E-state index in [2.05, 4.69) is 25.7 Å². The number of benzene rings is 1. The standard InChI is InChI=1S/C22H18ClF3N6O2/c1-2-8-29-21(34)17-14(6-5-12-7-10-27-18(12)17)30-20(33)15-11-16(22(24,25)26)31-32(15)19-13(23)4-3-9-28-19/h3-7,9-11,27H,2,8H2,1H3,(H,29,34)(H,30,33). The van der Waals surface area contributed by atoms with Crippen molar-refractivity contribution in [1.82, 2.24) is 25.1 Å². The molecule has 0 saturated carbocycles. The van der Waals surface area contributed by atoms with Crippen LogP contribution in [0.15, 0.2) is 48.8 Å². The summed E-state index contributed by atoms with van der Waals surface area (Å²) in [5.41, 5.74) is -1.01. The molecule has 0 saturated heterocycles. The van der Waals surface area contributed by atoms with E-state index in [1.165, 1.54) is 24.4 Å². The molecule has 176 valence electrons. The zero-order valence-electron chi connectivity index (χ0n) is 17.7. The third-order valence-corrected chi connectivity index (χ3v) is 5.21. The average Bonchev–Trinajstić information content (AvgIpc) is 3.45. The average molecular weight is 491 g/mol. The van der Waals surface area contributed by atoms with Gasteiger partial charge in [0.1, 0.15) is 5.69 Å². The van der Waals surface area contributed by atoms with E-state index in [1.54, 1.807) is 18.3 Å². The molecule has 0 aliphatic heterocycles. The Morgan fingerprint density at radius 2 is 1.97 bits per heavy atom. The molecule has 0 bridgehead atoms. The fraction of sp³-hybridized carbons (Fsp3) is 0.182. The summed E-state index contributed by atoms with van der Waals surface area (Å²) in [4.78, 5) is 32.9. The van der Waals surface area contributed by atoms with Crippen molar-refractivity contribution in [3.05, 3.63) is 70.8 Å².